The Hall–Kier alpha value is -11.9. The van der Waals surface area contributed by atoms with Crippen molar-refractivity contribution in [3.63, 3.8) is 0 Å². The maximum Gasteiger partial charge on any atom is 0.219 e. The zero-order chi connectivity index (χ0) is 92.7. The molecule has 4 aliphatic heterocycles. The zero-order valence-corrected chi connectivity index (χ0v) is 80.8. The highest BCUT2D eigenvalue weighted by Gasteiger charge is 2.30. The van der Waals surface area contributed by atoms with Crippen molar-refractivity contribution in [3.8, 4) is 89.7 Å². The molecule has 0 spiro atoms. The van der Waals surface area contributed by atoms with Crippen LogP contribution in [-0.4, -0.2) is 214 Å². The van der Waals surface area contributed by atoms with Crippen LogP contribution in [0.5, 0.6) is 0 Å². The topological polar surface area (TPSA) is 396 Å². The second-order valence-electron chi connectivity index (χ2n) is 33.0. The van der Waals surface area contributed by atoms with Gasteiger partial charge in [-0.15, -0.1) is 0 Å². The molecule has 0 aliphatic carbocycles. The van der Waals surface area contributed by atoms with Crippen molar-refractivity contribution in [1.29, 1.82) is 0 Å². The number of sulfonamides is 1. The molecule has 4 aliphatic rings. The minimum absolute atomic E-state index is 0.00324. The minimum atomic E-state index is -3.17. The predicted octanol–water partition coefficient (Wildman–Crippen LogP) is 15.5. The average molecular weight is 2070 g/mol. The Kier molecular flexibility index (Phi) is 28.8. The van der Waals surface area contributed by atoms with Gasteiger partial charge in [-0.1, -0.05) is 103 Å². The van der Waals surface area contributed by atoms with E-state index in [1.807, 2.05) is 120 Å². The molecule has 10 N–H and O–H groups in total. The number of nitrogens with zero attached hydrogens (tertiary/aromatic N) is 21. The number of rotatable bonds is 19. The number of aryl methyl sites for hydroxylation is 1. The van der Waals surface area contributed by atoms with Crippen molar-refractivity contribution in [2.24, 2.45) is 0 Å². The number of nitrogen functional groups attached to an aromatic ring is 4. The van der Waals surface area contributed by atoms with Gasteiger partial charge in [0.25, 0.3) is 0 Å². The number of hydrogen-bond acceptors (Lipinski definition) is 26. The van der Waals surface area contributed by atoms with E-state index in [0.29, 0.717) is 115 Å². The fourth-order valence-corrected chi connectivity index (χ4v) is 19.4. The Morgan fingerprint density at radius 1 is 0.429 bits per heavy atom. The summed E-state index contributed by atoms with van der Waals surface area (Å²) in [6, 6.07) is 47.2. The molecule has 4 saturated heterocycles. The zero-order valence-electron chi connectivity index (χ0n) is 73.6. The van der Waals surface area contributed by atoms with Crippen molar-refractivity contribution in [3.05, 3.63) is 253 Å². The first-order chi connectivity index (χ1) is 64.3. The fraction of sp³-hybridized carbons (Fsp3) is 0.284. The number of anilines is 4. The molecule has 684 valence electrons. The second-order valence-corrected chi connectivity index (χ2v) is 38.2. The van der Waals surface area contributed by atoms with Gasteiger partial charge in [0.15, 0.2) is 28.4 Å². The third-order valence-electron chi connectivity index (χ3n) is 24.1. The molecule has 20 rings (SSSR count). The molecule has 16 aromatic rings. The van der Waals surface area contributed by atoms with Crippen LogP contribution in [0.2, 0.25) is 0 Å². The van der Waals surface area contributed by atoms with Crippen LogP contribution in [0.3, 0.4) is 0 Å². The summed E-state index contributed by atoms with van der Waals surface area (Å²) < 4.78 is 58.8. The highest BCUT2D eigenvalue weighted by Crippen LogP contribution is 2.39. The number of hydrogen-bond donors (Lipinski definition) is 6. The lowest BCUT2D eigenvalue weighted by atomic mass is 10.0. The van der Waals surface area contributed by atoms with E-state index in [9.17, 15) is 17.6 Å². The molecule has 0 bridgehead atoms. The number of carbonyl (C=O) groups is 1. The van der Waals surface area contributed by atoms with Crippen molar-refractivity contribution in [1.82, 2.24) is 113 Å². The molecule has 32 nitrogen and oxygen atoms in total. The van der Waals surface area contributed by atoms with E-state index < -0.39 is 10.0 Å². The SMILES string of the molecule is CC(=O)N1CCN(Cc2nc3c(-c4cnc(-c5ccccc5)nc4)cnn3c(N)c2Br)CC1.CC(NC1CCOCC1)c1nc2c(-c3ccc(-c4ccc(F)cc4)nc3)cnn2c(N)c1Br.CS(=O)(=O)N1CCN(Cc2nc3c(-c4ccc(-c5ccccc5)nc4)cnn3c(N)c2Br)CC1.Cc1ccccc1-c1ccc(-c2cnn3c(N)c(Br)c(C(C)NC4CCOCC4)nc23)cn1. The molecule has 4 fully saturated rings. The monoisotopic (exact) mass is 2060 g/mol. The van der Waals surface area contributed by atoms with Crippen LogP contribution in [0.1, 0.15) is 86.9 Å². The lowest BCUT2D eigenvalue weighted by Crippen LogP contribution is -2.47. The number of ether oxygens (including phenoxy) is 2. The molecule has 16 heterocycles. The molecule has 2 unspecified atom stereocenters. The van der Waals surface area contributed by atoms with Gasteiger partial charge in [0.2, 0.25) is 15.9 Å². The van der Waals surface area contributed by atoms with E-state index in [4.69, 9.17) is 57.3 Å². The van der Waals surface area contributed by atoms with E-state index in [1.165, 1.54) is 28.3 Å². The molecular weight excluding hydrogens is 1970 g/mol. The normalized spacial score (nSPS) is 15.5. The summed E-state index contributed by atoms with van der Waals surface area (Å²) in [5.41, 5.74) is 46.4. The first-order valence-electron chi connectivity index (χ1n) is 43.6. The summed E-state index contributed by atoms with van der Waals surface area (Å²) in [7, 11) is -3.17. The number of amides is 1. The van der Waals surface area contributed by atoms with Crippen LogP contribution in [0.4, 0.5) is 27.7 Å². The maximum atomic E-state index is 13.2. The van der Waals surface area contributed by atoms with Crippen LogP contribution in [0.15, 0.2) is 219 Å². The van der Waals surface area contributed by atoms with Gasteiger partial charge in [-0.3, -0.25) is 29.5 Å². The summed E-state index contributed by atoms with van der Waals surface area (Å²) in [5, 5.41) is 25.2. The standard InChI is InChI=1S/C25H27BrN6O.C24H24BrFN6O.C23H23BrN8O.C23H24BrN7O2S/c1-15-5-3-4-6-19(15)21-8-7-17(13-28-21)20-14-29-32-24(27)22(26)23(31-25(20)32)16(2)30-18-9-11-33-12-10-18;1-14(30-18-8-10-33-11-9-18)22-21(25)23(27)32-24(31-22)19(13-29-32)16-4-7-20(28-12-16)15-2-5-17(26)6-3-15;1-15(33)31-9-7-30(8-10-31)14-19-20(24)21(25)32-23(29-19)18(13-28-32)17-11-26-22(27-12-17)16-5-3-2-4-6-16;1-34(32,33)30-11-9-29(10-12-30)15-20-21(24)22(25)31-23(28-20)18(14-27-31)17-7-8-19(26-13-17)16-5-3-2-4-6-16/h3-8,13-14,16,18,30H,9-12,27H2,1-2H3;2-7,12-14,18,30H,8-11,27H2,1H3;2-6,11-13H,7-10,14,25H2,1H3;2-8,13-14H,9-12,15,25H2,1H3. The van der Waals surface area contributed by atoms with E-state index in [1.54, 1.807) is 80.5 Å². The first-order valence-corrected chi connectivity index (χ1v) is 48.6. The van der Waals surface area contributed by atoms with Gasteiger partial charge in [-0.05, 0) is 158 Å². The third-order valence-corrected chi connectivity index (χ3v) is 28.8. The first kappa shape index (κ1) is 92.9. The van der Waals surface area contributed by atoms with Crippen molar-refractivity contribution >= 4 is 126 Å². The Bertz CT molecular complexity index is 6940. The highest BCUT2D eigenvalue weighted by atomic mass is 79.9. The Morgan fingerprint density at radius 2 is 0.789 bits per heavy atom. The van der Waals surface area contributed by atoms with E-state index in [-0.39, 0.29) is 23.8 Å². The number of carbonyl (C=O) groups excluding carboxylic acids is 1. The maximum absolute atomic E-state index is 13.2. The van der Waals surface area contributed by atoms with Crippen LogP contribution < -0.4 is 33.6 Å². The summed E-state index contributed by atoms with van der Waals surface area (Å²) >= 11 is 14.4. The van der Waals surface area contributed by atoms with Gasteiger partial charge in [0.1, 0.15) is 29.1 Å². The molecule has 1 amide bonds. The Labute approximate surface area is 801 Å². The number of benzene rings is 4. The second kappa shape index (κ2) is 41.3. The Morgan fingerprint density at radius 3 is 1.20 bits per heavy atom. The molecule has 133 heavy (non-hydrogen) atoms. The molecular formula is C95H98Br4FN27O5S. The van der Waals surface area contributed by atoms with Gasteiger partial charge in [-0.2, -0.15) is 42.8 Å². The van der Waals surface area contributed by atoms with Gasteiger partial charge in [0, 0.05) is 221 Å². The molecule has 12 aromatic heterocycles. The third kappa shape index (κ3) is 20.9. The lowest BCUT2D eigenvalue weighted by molar-refractivity contribution is -0.130. The molecule has 4 aromatic carbocycles. The van der Waals surface area contributed by atoms with Gasteiger partial charge < -0.3 is 47.9 Å². The minimum Gasteiger partial charge on any atom is -0.383 e. The van der Waals surface area contributed by atoms with E-state index in [2.05, 4.69) is 163 Å². The number of aromatic nitrogens is 17. The van der Waals surface area contributed by atoms with Crippen molar-refractivity contribution in [2.75, 3.05) is 108 Å². The molecule has 0 saturated carbocycles. The number of halogens is 5. The van der Waals surface area contributed by atoms with Crippen LogP contribution in [-0.2, 0) is 37.4 Å². The number of nitrogens with one attached hydrogen (secondary N) is 2. The quantitative estimate of drug-likeness (QED) is 0.0438. The summed E-state index contributed by atoms with van der Waals surface area (Å²) in [6.45, 7) is 17.4. The van der Waals surface area contributed by atoms with Crippen LogP contribution in [0.25, 0.3) is 112 Å². The molecule has 38 heteroatoms. The van der Waals surface area contributed by atoms with E-state index in [0.717, 1.165) is 191 Å². The van der Waals surface area contributed by atoms with Gasteiger partial charge >= 0.3 is 0 Å². The lowest BCUT2D eigenvalue weighted by Gasteiger charge is -2.34. The van der Waals surface area contributed by atoms with Crippen LogP contribution >= 0.6 is 63.7 Å². The summed E-state index contributed by atoms with van der Waals surface area (Å²) in [5.74, 6) is 2.50. The highest BCUT2D eigenvalue weighted by molar-refractivity contribution is 9.11. The number of nitrogens with two attached hydrogens (primary N) is 4. The number of pyridine rings is 3. The van der Waals surface area contributed by atoms with E-state index >= 15 is 0 Å². The molecule has 2 atom stereocenters. The summed E-state index contributed by atoms with van der Waals surface area (Å²) in [4.78, 5) is 60.6. The smallest absolute Gasteiger partial charge is 0.219 e. The van der Waals surface area contributed by atoms with Crippen LogP contribution in [0, 0.1) is 12.7 Å². The summed E-state index contributed by atoms with van der Waals surface area (Å²) in [6.07, 6.45) is 21.3. The largest absolute Gasteiger partial charge is 0.383 e. The van der Waals surface area contributed by atoms with Crippen molar-refractivity contribution in [2.45, 2.75) is 90.6 Å². The average Bonchev–Trinajstić information content (AvgIpc) is 1.65. The van der Waals surface area contributed by atoms with Gasteiger partial charge in [0.05, 0.1) is 88.8 Å². The number of piperazine rings is 2. The molecule has 0 radical (unpaired) electrons. The van der Waals surface area contributed by atoms with Crippen molar-refractivity contribution < 1.29 is 27.1 Å². The number of fused-ring (bicyclic) bond motifs is 4. The Balaban J connectivity index is 0.000000124. The fourth-order valence-electron chi connectivity index (χ4n) is 16.6. The predicted molar refractivity (Wildman–Crippen MR) is 528 cm³/mol. The van der Waals surface area contributed by atoms with Gasteiger partial charge in [-0.25, -0.2) is 42.7 Å².